The third kappa shape index (κ3) is 7.83. The van der Waals surface area contributed by atoms with Crippen LogP contribution in [0.5, 0.6) is 0 Å². The number of nitrogens with one attached hydrogen (secondary N) is 2. The first kappa shape index (κ1) is 43.5. The number of carbonyl (C=O) groups excluding carboxylic acids is 3. The van der Waals surface area contributed by atoms with Crippen molar-refractivity contribution in [2.24, 2.45) is 18.9 Å². The van der Waals surface area contributed by atoms with Gasteiger partial charge in [-0.05, 0) is 81.0 Å². The minimum Gasteiger partial charge on any atom is -0.374 e. The number of halogens is 2. The molecule has 4 atom stereocenters. The van der Waals surface area contributed by atoms with Gasteiger partial charge in [-0.25, -0.2) is 23.1 Å². The van der Waals surface area contributed by atoms with Crippen LogP contribution in [0, 0.1) is 11.8 Å². The molecule has 360 valence electrons. The first-order chi connectivity index (χ1) is 32.9. The van der Waals surface area contributed by atoms with Crippen molar-refractivity contribution in [2.75, 3.05) is 87.2 Å². The number of nitrogens with zero attached hydrogens (tertiary/aromatic N) is 11. The highest BCUT2D eigenvalue weighted by Gasteiger charge is 2.50. The van der Waals surface area contributed by atoms with Crippen molar-refractivity contribution in [3.05, 3.63) is 64.6 Å². The lowest BCUT2D eigenvalue weighted by atomic mass is 9.82. The van der Waals surface area contributed by atoms with E-state index in [1.807, 2.05) is 24.3 Å². The summed E-state index contributed by atoms with van der Waals surface area (Å²) >= 11 is 0. The van der Waals surface area contributed by atoms with Gasteiger partial charge < -0.3 is 24.6 Å². The SMILES string of the molecule is Cn1c(=O)n(C2CCC(=O)NC2=O)c2ccc(N3CCN(CC4COC5(C4)CN(CC4CCC(n6cc(NC(=O)c7cnn8ccc(N9C[C@H]%10C[C@@H]9CO%10)nc78)c(C(F)F)n6)CC4)C5)CC3)cc21. The Labute approximate surface area is 390 Å². The number of aryl methyl sites for hydroxylation is 1. The van der Waals surface area contributed by atoms with Gasteiger partial charge in [0.1, 0.15) is 17.4 Å². The smallest absolute Gasteiger partial charge is 0.329 e. The monoisotopic (exact) mass is 937 g/mol. The van der Waals surface area contributed by atoms with Gasteiger partial charge in [0.2, 0.25) is 11.8 Å². The zero-order chi connectivity index (χ0) is 46.4. The van der Waals surface area contributed by atoms with Crippen molar-refractivity contribution in [2.45, 2.75) is 87.6 Å². The Morgan fingerprint density at radius 3 is 2.51 bits per heavy atom. The number of piperidine rings is 1. The highest BCUT2D eigenvalue weighted by molar-refractivity contribution is 6.08. The molecular weight excluding hydrogens is 881 g/mol. The molecule has 12 rings (SSSR count). The number of hydrogen-bond acceptors (Lipinski definition) is 13. The van der Waals surface area contributed by atoms with Crippen LogP contribution in [0.4, 0.5) is 26.0 Å². The summed E-state index contributed by atoms with van der Waals surface area (Å²) in [5, 5.41) is 13.7. The summed E-state index contributed by atoms with van der Waals surface area (Å²) in [4.78, 5) is 65.6. The maximum absolute atomic E-state index is 14.3. The summed E-state index contributed by atoms with van der Waals surface area (Å²) in [5.74, 6) is 0.426. The number of likely N-dealkylation sites (tertiary alicyclic amines) is 1. The molecule has 2 N–H and O–H groups in total. The van der Waals surface area contributed by atoms with E-state index >= 15 is 0 Å². The second-order valence-electron chi connectivity index (χ2n) is 20.3. The third-order valence-electron chi connectivity index (χ3n) is 15.9. The third-order valence-corrected chi connectivity index (χ3v) is 15.9. The number of imide groups is 1. The lowest BCUT2D eigenvalue weighted by Gasteiger charge is -2.49. The Hall–Kier alpha value is -5.77. The lowest BCUT2D eigenvalue weighted by molar-refractivity contribution is -0.135. The van der Waals surface area contributed by atoms with E-state index in [9.17, 15) is 28.0 Å². The summed E-state index contributed by atoms with van der Waals surface area (Å²) < 4.78 is 47.2. The van der Waals surface area contributed by atoms with Crippen LogP contribution in [-0.4, -0.2) is 151 Å². The van der Waals surface area contributed by atoms with Crippen LogP contribution in [0.25, 0.3) is 16.7 Å². The molecule has 7 fully saturated rings. The maximum Gasteiger partial charge on any atom is 0.329 e. The number of hydrogen-bond donors (Lipinski definition) is 2. The van der Waals surface area contributed by atoms with Gasteiger partial charge in [0.05, 0.1) is 59.9 Å². The van der Waals surface area contributed by atoms with Gasteiger partial charge in [-0.1, -0.05) is 0 Å². The van der Waals surface area contributed by atoms with Crippen LogP contribution >= 0.6 is 0 Å². The Bertz CT molecular complexity index is 2840. The van der Waals surface area contributed by atoms with Gasteiger partial charge in [-0.3, -0.25) is 43.3 Å². The van der Waals surface area contributed by atoms with E-state index in [0.29, 0.717) is 36.0 Å². The number of piperazine rings is 1. The maximum atomic E-state index is 14.3. The molecule has 1 aromatic carbocycles. The van der Waals surface area contributed by atoms with Crippen LogP contribution in [0.15, 0.2) is 47.7 Å². The molecule has 3 amide bonds. The predicted octanol–water partition coefficient (Wildman–Crippen LogP) is 3.37. The molecule has 2 unspecified atom stereocenters. The fourth-order valence-corrected chi connectivity index (χ4v) is 12.4. The molecule has 0 radical (unpaired) electrons. The van der Waals surface area contributed by atoms with Gasteiger partial charge >= 0.3 is 5.69 Å². The minimum absolute atomic E-state index is 0.00486. The number of fused-ring (bicyclic) bond motifs is 4. The van der Waals surface area contributed by atoms with Gasteiger partial charge in [0.25, 0.3) is 12.3 Å². The molecule has 4 aromatic heterocycles. The zero-order valence-corrected chi connectivity index (χ0v) is 38.1. The molecule has 21 heteroatoms. The quantitative estimate of drug-likeness (QED) is 0.184. The normalized spacial score (nSPS) is 27.6. The van der Waals surface area contributed by atoms with E-state index in [1.165, 1.54) is 15.3 Å². The predicted molar refractivity (Wildman–Crippen MR) is 245 cm³/mol. The molecule has 1 spiro atoms. The largest absolute Gasteiger partial charge is 0.374 e. The highest BCUT2D eigenvalue weighted by atomic mass is 19.3. The number of morpholine rings is 1. The molecular formula is C47H57F2N13O6. The Balaban J connectivity index is 0.598. The molecule has 68 heavy (non-hydrogen) atoms. The van der Waals surface area contributed by atoms with Gasteiger partial charge in [0, 0.05) is 90.5 Å². The van der Waals surface area contributed by atoms with Crippen LogP contribution in [0.3, 0.4) is 0 Å². The minimum atomic E-state index is -2.85. The van der Waals surface area contributed by atoms with Crippen molar-refractivity contribution < 1.29 is 32.6 Å². The number of imidazole rings is 1. The van der Waals surface area contributed by atoms with Crippen molar-refractivity contribution in [1.82, 2.24) is 48.6 Å². The molecule has 6 saturated heterocycles. The number of rotatable bonds is 11. The molecule has 1 aliphatic carbocycles. The van der Waals surface area contributed by atoms with E-state index in [4.69, 9.17) is 14.5 Å². The summed E-state index contributed by atoms with van der Waals surface area (Å²) in [6.45, 7) is 9.63. The molecule has 19 nitrogen and oxygen atoms in total. The molecule has 1 saturated carbocycles. The second kappa shape index (κ2) is 17.0. The standard InChI is InChI=1S/C47H57F2N13O6/c1-55-38-17-31(6-7-36(38)62(46(55)66)37-8-9-40(63)53-45(37)65)58-14-12-56(13-15-58)21-29-18-47(68-24-29)26-57(27-47)20-28-2-4-30(5-3-28)61-23-35(41(54-61)42(48)49)51-44(64)34-19-50-60-11-10-39(52-43(34)60)59-22-33-16-32(59)25-67-33/h6-7,10-11,17,19,23,28-30,32-33,37,42H,2-5,8-9,12-16,18,20-22,24-27H2,1H3,(H,51,64)(H,53,63,65)/t28?,29?,30?,32-,33-,37?/m1/s1. The summed E-state index contributed by atoms with van der Waals surface area (Å²) in [7, 11) is 1.73. The highest BCUT2D eigenvalue weighted by Crippen LogP contribution is 2.41. The average molecular weight is 938 g/mol. The summed E-state index contributed by atoms with van der Waals surface area (Å²) in [5.41, 5.74) is 2.29. The molecule has 6 aliphatic heterocycles. The number of benzene rings is 1. The fourth-order valence-electron chi connectivity index (χ4n) is 12.4. The summed E-state index contributed by atoms with van der Waals surface area (Å²) in [6, 6.07) is 7.37. The fraction of sp³-hybridized carbons (Fsp3) is 0.596. The van der Waals surface area contributed by atoms with E-state index in [2.05, 4.69) is 40.4 Å². The van der Waals surface area contributed by atoms with Crippen LogP contribution in [0.2, 0.25) is 0 Å². The van der Waals surface area contributed by atoms with Crippen molar-refractivity contribution in [3.63, 3.8) is 0 Å². The van der Waals surface area contributed by atoms with Crippen molar-refractivity contribution >= 4 is 51.6 Å². The van der Waals surface area contributed by atoms with Gasteiger partial charge in [-0.15, -0.1) is 0 Å². The number of alkyl halides is 2. The average Bonchev–Trinajstić information content (AvgIpc) is 4.21. The summed E-state index contributed by atoms with van der Waals surface area (Å²) in [6.07, 6.45) is 8.17. The first-order valence-corrected chi connectivity index (χ1v) is 24.2. The van der Waals surface area contributed by atoms with E-state index in [-0.39, 0.29) is 53.1 Å². The second-order valence-corrected chi connectivity index (χ2v) is 20.3. The Kier molecular flexibility index (Phi) is 10.9. The van der Waals surface area contributed by atoms with Crippen molar-refractivity contribution in [3.8, 4) is 0 Å². The zero-order valence-electron chi connectivity index (χ0n) is 38.1. The van der Waals surface area contributed by atoms with E-state index in [0.717, 1.165) is 121 Å². The molecule has 10 heterocycles. The van der Waals surface area contributed by atoms with E-state index < -0.39 is 30.0 Å². The van der Waals surface area contributed by atoms with Crippen LogP contribution < -0.4 is 26.1 Å². The molecule has 2 bridgehead atoms. The van der Waals surface area contributed by atoms with Crippen molar-refractivity contribution in [1.29, 1.82) is 0 Å². The molecule has 5 aromatic rings. The topological polar surface area (TPSA) is 182 Å². The van der Waals surface area contributed by atoms with Gasteiger partial charge in [-0.2, -0.15) is 10.2 Å². The van der Waals surface area contributed by atoms with E-state index in [1.54, 1.807) is 28.7 Å². The number of anilines is 3. The Morgan fingerprint density at radius 1 is 0.956 bits per heavy atom. The Morgan fingerprint density at radius 2 is 1.76 bits per heavy atom. The number of aromatic nitrogens is 7. The van der Waals surface area contributed by atoms with Gasteiger partial charge in [0.15, 0.2) is 11.3 Å². The number of carbonyl (C=O) groups is 3. The lowest BCUT2D eigenvalue weighted by Crippen LogP contribution is -2.62. The number of ether oxygens (including phenoxy) is 2. The van der Waals surface area contributed by atoms with Crippen LogP contribution in [-0.2, 0) is 26.1 Å². The number of amides is 3. The van der Waals surface area contributed by atoms with Crippen LogP contribution in [0.1, 0.15) is 85.9 Å². The molecule has 7 aliphatic rings. The first-order valence-electron chi connectivity index (χ1n) is 24.2.